The van der Waals surface area contributed by atoms with Crippen molar-refractivity contribution >= 4 is 66.2 Å². The van der Waals surface area contributed by atoms with Crippen molar-refractivity contribution in [1.82, 2.24) is 25.1 Å². The predicted molar refractivity (Wildman–Crippen MR) is 151 cm³/mol. The van der Waals surface area contributed by atoms with Gasteiger partial charge in [0.2, 0.25) is 5.13 Å². The molecule has 5 rings (SSSR count). The summed E-state index contributed by atoms with van der Waals surface area (Å²) in [5.41, 5.74) is 0.0992. The lowest BCUT2D eigenvalue weighted by atomic mass is 10.1. The van der Waals surface area contributed by atoms with E-state index in [0.717, 1.165) is 17.1 Å². The molecule has 1 fully saturated rings. The van der Waals surface area contributed by atoms with Crippen molar-refractivity contribution in [2.45, 2.75) is 24.4 Å². The Morgan fingerprint density at radius 2 is 1.77 bits per heavy atom. The molecule has 0 amide bonds. The van der Waals surface area contributed by atoms with Crippen molar-refractivity contribution in [2.75, 3.05) is 41.1 Å². The second-order valence-corrected chi connectivity index (χ2v) is 11.9. The van der Waals surface area contributed by atoms with Gasteiger partial charge < -0.3 is 15.1 Å². The molecule has 2 N–H and O–H groups in total. The van der Waals surface area contributed by atoms with E-state index in [1.54, 1.807) is 12.1 Å². The van der Waals surface area contributed by atoms with Gasteiger partial charge in [-0.1, -0.05) is 18.3 Å². The van der Waals surface area contributed by atoms with Crippen LogP contribution in [0.3, 0.4) is 0 Å². The lowest BCUT2D eigenvalue weighted by Gasteiger charge is -2.37. The number of halogens is 3. The van der Waals surface area contributed by atoms with E-state index in [2.05, 4.69) is 30.2 Å². The molecule has 0 bridgehead atoms. The van der Waals surface area contributed by atoms with Crippen molar-refractivity contribution in [3.8, 4) is 0 Å². The number of benzene rings is 2. The van der Waals surface area contributed by atoms with Gasteiger partial charge in [0.1, 0.15) is 17.2 Å². The normalized spacial score (nSPS) is 14.4. The Morgan fingerprint density at radius 3 is 2.42 bits per heavy atom. The van der Waals surface area contributed by atoms with Crippen LogP contribution in [0.15, 0.2) is 53.7 Å². The zero-order valence-corrected chi connectivity index (χ0v) is 23.5. The van der Waals surface area contributed by atoms with E-state index in [1.165, 1.54) is 35.9 Å². The highest BCUT2D eigenvalue weighted by molar-refractivity contribution is 7.93. The largest absolute Gasteiger partial charge is 0.416 e. The minimum atomic E-state index is -4.45. The number of nitrogens with zero attached hydrogens (tertiary/aromatic N) is 6. The minimum absolute atomic E-state index is 0.0743. The highest BCUT2D eigenvalue weighted by atomic mass is 32.2. The predicted octanol–water partition coefficient (Wildman–Crippen LogP) is 4.38. The summed E-state index contributed by atoms with van der Waals surface area (Å²) in [6.07, 6.45) is -2.51. The number of hydrogen-bond donors (Lipinski definition) is 2. The molecule has 2 aromatic heterocycles. The van der Waals surface area contributed by atoms with E-state index in [9.17, 15) is 21.6 Å². The number of nitrogens with one attached hydrogen (secondary N) is 2. The summed E-state index contributed by atoms with van der Waals surface area (Å²) < 4.78 is 67.1. The van der Waals surface area contributed by atoms with Crippen molar-refractivity contribution in [3.05, 3.63) is 59.4 Å². The first kappa shape index (κ1) is 27.9. The summed E-state index contributed by atoms with van der Waals surface area (Å²) in [5.74, 6) is 0.571. The van der Waals surface area contributed by atoms with Gasteiger partial charge in [-0.3, -0.25) is 4.72 Å². The first-order valence-electron chi connectivity index (χ1n) is 12.1. The molecule has 40 heavy (non-hydrogen) atoms. The van der Waals surface area contributed by atoms with Crippen molar-refractivity contribution in [2.24, 2.45) is 0 Å². The third-order valence-electron chi connectivity index (χ3n) is 6.22. The van der Waals surface area contributed by atoms with Gasteiger partial charge >= 0.3 is 6.18 Å². The van der Waals surface area contributed by atoms with Gasteiger partial charge in [0.25, 0.3) is 10.0 Å². The highest BCUT2D eigenvalue weighted by Crippen LogP contribution is 2.33. The molecule has 0 radical (unpaired) electrons. The molecule has 1 aliphatic rings. The Balaban J connectivity index is 1.19. The number of hydrogen-bond acceptors (Lipinski definition) is 9. The second-order valence-electron chi connectivity index (χ2n) is 8.82. The molecule has 1 aliphatic heterocycles. The summed E-state index contributed by atoms with van der Waals surface area (Å²) >= 11 is 6.75. The first-order valence-corrected chi connectivity index (χ1v) is 14.8. The number of rotatable bonds is 6. The van der Waals surface area contributed by atoms with Crippen LogP contribution in [-0.2, 0) is 22.6 Å². The number of thiocarbonyl (C=S) groups is 1. The van der Waals surface area contributed by atoms with E-state index in [0.29, 0.717) is 54.6 Å². The maximum atomic E-state index is 13.1. The van der Waals surface area contributed by atoms with Crippen LogP contribution in [-0.4, -0.2) is 64.8 Å². The highest BCUT2D eigenvalue weighted by Gasteiger charge is 2.31. The molecule has 0 unspecified atom stereocenters. The second kappa shape index (κ2) is 11.1. The fourth-order valence-electron chi connectivity index (χ4n) is 4.12. The van der Waals surface area contributed by atoms with Crippen LogP contribution in [0.4, 0.5) is 29.8 Å². The summed E-state index contributed by atoms with van der Waals surface area (Å²) in [6.45, 7) is 4.10. The van der Waals surface area contributed by atoms with Crippen LogP contribution in [0, 0.1) is 0 Å². The maximum absolute atomic E-state index is 13.1. The number of anilines is 3. The molecule has 3 heterocycles. The average Bonchev–Trinajstić information content (AvgIpc) is 3.39. The van der Waals surface area contributed by atoms with Crippen LogP contribution < -0.4 is 14.9 Å². The maximum Gasteiger partial charge on any atom is 0.416 e. The number of aryl methyl sites for hydroxylation is 1. The Morgan fingerprint density at radius 1 is 1.05 bits per heavy atom. The summed E-state index contributed by atoms with van der Waals surface area (Å²) in [4.78, 5) is 12.4. The van der Waals surface area contributed by atoms with Crippen molar-refractivity contribution in [1.29, 1.82) is 0 Å². The number of fused-ring (bicyclic) bond motifs is 1. The van der Waals surface area contributed by atoms with Crippen LogP contribution >= 0.6 is 23.6 Å². The van der Waals surface area contributed by atoms with Gasteiger partial charge in [-0.2, -0.15) is 13.2 Å². The molecule has 16 heteroatoms. The smallest absolute Gasteiger partial charge is 0.352 e. The fourth-order valence-corrected chi connectivity index (χ4v) is 6.33. The van der Waals surface area contributed by atoms with E-state index < -0.39 is 21.8 Å². The van der Waals surface area contributed by atoms with Crippen LogP contribution in [0.2, 0.25) is 0 Å². The third kappa shape index (κ3) is 6.08. The van der Waals surface area contributed by atoms with Crippen molar-refractivity contribution in [3.63, 3.8) is 0 Å². The Bertz CT molecular complexity index is 1640. The van der Waals surface area contributed by atoms with Gasteiger partial charge in [0, 0.05) is 37.3 Å². The first-order chi connectivity index (χ1) is 19.0. The summed E-state index contributed by atoms with van der Waals surface area (Å²) in [6, 6.07) is 9.65. The van der Waals surface area contributed by atoms with Gasteiger partial charge in [0.15, 0.2) is 5.11 Å². The lowest BCUT2D eigenvalue weighted by molar-refractivity contribution is -0.137. The van der Waals surface area contributed by atoms with E-state index in [-0.39, 0.29) is 15.5 Å². The molecular weight excluding hydrogens is 586 g/mol. The SMILES string of the molecule is CCc1nnc(NS(=O)(=O)c2ccc(NC(=S)N3CCN(c4ncnc5cc(C(F)(F)F)ccc45)CC3)cc2)s1. The molecule has 0 saturated carbocycles. The Kier molecular flexibility index (Phi) is 7.74. The molecule has 4 aromatic rings. The third-order valence-corrected chi connectivity index (χ3v) is 9.04. The zero-order chi connectivity index (χ0) is 28.5. The molecule has 0 atom stereocenters. The Hall–Kier alpha value is -3.63. The number of sulfonamides is 1. The van der Waals surface area contributed by atoms with Gasteiger partial charge in [-0.25, -0.2) is 18.4 Å². The Labute approximate surface area is 237 Å². The van der Waals surface area contributed by atoms with Crippen LogP contribution in [0.5, 0.6) is 0 Å². The van der Waals surface area contributed by atoms with Gasteiger partial charge in [-0.05, 0) is 61.1 Å². The van der Waals surface area contributed by atoms with Crippen LogP contribution in [0.25, 0.3) is 10.9 Å². The molecule has 1 saturated heterocycles. The summed E-state index contributed by atoms with van der Waals surface area (Å²) in [5, 5.41) is 12.9. The summed E-state index contributed by atoms with van der Waals surface area (Å²) in [7, 11) is -3.82. The van der Waals surface area contributed by atoms with E-state index in [1.807, 2.05) is 16.7 Å². The van der Waals surface area contributed by atoms with Gasteiger partial charge in [-0.15, -0.1) is 10.2 Å². The number of piperazine rings is 1. The fraction of sp³-hybridized carbons (Fsp3) is 0.292. The molecule has 0 spiro atoms. The topological polar surface area (TPSA) is 116 Å². The molecule has 210 valence electrons. The molecule has 10 nitrogen and oxygen atoms in total. The zero-order valence-electron chi connectivity index (χ0n) is 21.0. The number of aromatic nitrogens is 4. The van der Waals surface area contributed by atoms with Gasteiger partial charge in [0.05, 0.1) is 16.0 Å². The molecule has 0 aliphatic carbocycles. The quantitative estimate of drug-likeness (QED) is 0.306. The van der Waals surface area contributed by atoms with Crippen LogP contribution in [0.1, 0.15) is 17.5 Å². The average molecular weight is 609 g/mol. The van der Waals surface area contributed by atoms with Crippen molar-refractivity contribution < 1.29 is 21.6 Å². The standard InChI is InChI=1S/C24H23F3N8O2S3/c1-2-20-31-32-22(39-20)33-40(36,37)17-6-4-16(5-7-17)30-23(38)35-11-9-34(10-12-35)21-18-8-3-15(24(25,26)27)13-19(18)28-14-29-21/h3-8,13-14H,2,9-12H2,1H3,(H,30,38)(H,32,33). The molecular formula is C24H23F3N8O2S3. The van der Waals surface area contributed by atoms with E-state index in [4.69, 9.17) is 12.2 Å². The lowest BCUT2D eigenvalue weighted by Crippen LogP contribution is -2.50. The number of alkyl halides is 3. The minimum Gasteiger partial charge on any atom is -0.352 e. The van der Waals surface area contributed by atoms with E-state index >= 15 is 0 Å². The molecule has 2 aromatic carbocycles. The monoisotopic (exact) mass is 608 g/mol.